The van der Waals surface area contributed by atoms with Crippen molar-refractivity contribution >= 4 is 11.6 Å². The number of ketones is 2. The fourth-order valence-corrected chi connectivity index (χ4v) is 0.407. The van der Waals surface area contributed by atoms with Crippen LogP contribution < -0.4 is 0 Å². The van der Waals surface area contributed by atoms with Gasteiger partial charge >= 0.3 is 0 Å². The van der Waals surface area contributed by atoms with Crippen LogP contribution in [0.4, 0.5) is 0 Å². The van der Waals surface area contributed by atoms with Crippen LogP contribution in [-0.2, 0) is 108 Å². The summed E-state index contributed by atoms with van der Waals surface area (Å²) in [6.07, 6.45) is 1.22. The van der Waals surface area contributed by atoms with Gasteiger partial charge < -0.3 is 27.3 Å². The van der Waals surface area contributed by atoms with Crippen LogP contribution in [-0.4, -0.2) is 11.6 Å². The molecule has 0 fully saturated rings. The summed E-state index contributed by atoms with van der Waals surface area (Å²) in [5.74, 6) is 4.15. The van der Waals surface area contributed by atoms with Gasteiger partial charge in [-0.25, -0.2) is 0 Å². The predicted octanol–water partition coefficient (Wildman–Crippen LogP) is 6.93. The van der Waals surface area contributed by atoms with Crippen LogP contribution in [0.3, 0.4) is 0 Å². The van der Waals surface area contributed by atoms with Crippen molar-refractivity contribution in [2.75, 3.05) is 0 Å². The Labute approximate surface area is 237 Å². The second kappa shape index (κ2) is 37.3. The van der Waals surface area contributed by atoms with Crippen molar-refractivity contribution in [1.29, 1.82) is 0 Å². The van der Waals surface area contributed by atoms with E-state index in [0.717, 1.165) is 5.92 Å². The van der Waals surface area contributed by atoms with Crippen molar-refractivity contribution in [3.05, 3.63) is 17.8 Å². The summed E-state index contributed by atoms with van der Waals surface area (Å²) in [7, 11) is 0. The van der Waals surface area contributed by atoms with Gasteiger partial charge in [-0.15, -0.1) is 5.92 Å². The molecule has 0 bridgehead atoms. The van der Waals surface area contributed by atoms with Crippen LogP contribution in [0, 0.1) is 23.7 Å². The molecule has 0 aliphatic heterocycles. The third-order valence-electron chi connectivity index (χ3n) is 2.89. The van der Waals surface area contributed by atoms with E-state index in [1.807, 2.05) is 34.6 Å². The summed E-state index contributed by atoms with van der Waals surface area (Å²) in [5, 5.41) is 0. The molecule has 25 heavy (non-hydrogen) atoms. The monoisotopic (exact) mass is 584 g/mol. The van der Waals surface area contributed by atoms with Crippen molar-refractivity contribution in [3.8, 4) is 0 Å². The average molecular weight is 584 g/mol. The summed E-state index contributed by atoms with van der Waals surface area (Å²) >= 11 is 0. The molecule has 0 heterocycles. The molecule has 1 unspecified atom stereocenters. The number of hydrogen-bond donors (Lipinski definition) is 0. The minimum atomic E-state index is 0. The van der Waals surface area contributed by atoms with Crippen molar-refractivity contribution < 1.29 is 108 Å². The first kappa shape index (κ1) is 56.4. The minimum absolute atomic E-state index is 0. The topological polar surface area (TPSA) is 34.1 Å². The van der Waals surface area contributed by atoms with Gasteiger partial charge in [0, 0.05) is 98.1 Å². The van der Waals surface area contributed by atoms with E-state index in [1.54, 1.807) is 13.8 Å². The molecular weight excluding hydrogens is 539 g/mol. The first-order valence-electron chi connectivity index (χ1n) is 6.87. The molecule has 0 amide bonds. The quantitative estimate of drug-likeness (QED) is 0.336. The molecule has 149 valence electrons. The number of rotatable bonds is 4. The molecule has 1 atom stereocenters. The molecule has 3 radical (unpaired) electrons. The van der Waals surface area contributed by atoms with Crippen LogP contribution in [0.5, 0.6) is 0 Å². The predicted molar refractivity (Wildman–Crippen MR) is 105 cm³/mol. The first-order chi connectivity index (χ1) is 8.47. The summed E-state index contributed by atoms with van der Waals surface area (Å²) in [6.45, 7) is 19.1. The summed E-state index contributed by atoms with van der Waals surface area (Å²) in [5.41, 5.74) is 0. The molecule has 5 heteroatoms. The summed E-state index contributed by atoms with van der Waals surface area (Å²) < 4.78 is 0. The number of hydrogen-bond acceptors (Lipinski definition) is 2. The van der Waals surface area contributed by atoms with Gasteiger partial charge in [-0.1, -0.05) is 36.1 Å². The van der Waals surface area contributed by atoms with Crippen molar-refractivity contribution in [2.24, 2.45) is 5.92 Å². The van der Waals surface area contributed by atoms with E-state index >= 15 is 0 Å². The maximum Gasteiger partial charge on any atom is 0.103 e. The maximum atomic E-state index is 10.6. The van der Waals surface area contributed by atoms with Gasteiger partial charge in [-0.05, 0) is 19.6 Å². The molecule has 0 aromatic rings. The second-order valence-corrected chi connectivity index (χ2v) is 5.53. The molecular formula is C20H45O2Y3-3. The Kier molecular flexibility index (Phi) is 84.2. The number of carbonyl (C=O) groups is 2. The average Bonchev–Trinajstić information content (AvgIpc) is 2.28. The number of carbonyl (C=O) groups excluding carboxylic acids is 2. The van der Waals surface area contributed by atoms with Crippen molar-refractivity contribution in [2.45, 2.75) is 97.9 Å². The fourth-order valence-electron chi connectivity index (χ4n) is 0.407. The van der Waals surface area contributed by atoms with E-state index < -0.39 is 0 Å². The molecule has 0 aromatic heterocycles. The van der Waals surface area contributed by atoms with Gasteiger partial charge in [0.2, 0.25) is 0 Å². The third kappa shape index (κ3) is 58.4. The molecule has 0 saturated heterocycles. The molecule has 0 N–H and O–H groups in total. The molecule has 0 aliphatic rings. The van der Waals surface area contributed by atoms with Crippen LogP contribution in [0.15, 0.2) is 0 Å². The van der Waals surface area contributed by atoms with Crippen molar-refractivity contribution in [3.63, 3.8) is 0 Å². The summed E-state index contributed by atoms with van der Waals surface area (Å²) in [6, 6.07) is 0. The minimum Gasteiger partial charge on any atom is -0.334 e. The van der Waals surface area contributed by atoms with Gasteiger partial charge in [-0.2, -0.15) is 48.0 Å². The molecule has 0 rings (SSSR count). The zero-order valence-electron chi connectivity index (χ0n) is 16.3. The second-order valence-electron chi connectivity index (χ2n) is 5.53. The van der Waals surface area contributed by atoms with Crippen LogP contribution in [0.1, 0.15) is 97.9 Å². The van der Waals surface area contributed by atoms with Gasteiger partial charge in [0.25, 0.3) is 0 Å². The SMILES string of the molecule is C.C.C.CC(=O)C(C)[C-](C)C.CC(=O)[C-](C)C.CC[C-](C)C.[Y].[Y].[Y]. The van der Waals surface area contributed by atoms with Crippen LogP contribution in [0.2, 0.25) is 0 Å². The zero-order chi connectivity index (χ0) is 16.2. The van der Waals surface area contributed by atoms with Gasteiger partial charge in [0.1, 0.15) is 5.78 Å². The Balaban J connectivity index is -0.0000000200. The Bertz CT molecular complexity index is 241. The van der Waals surface area contributed by atoms with E-state index in [0.29, 0.717) is 0 Å². The third-order valence-corrected chi connectivity index (χ3v) is 2.89. The Morgan fingerprint density at radius 1 is 0.800 bits per heavy atom. The first-order valence-corrected chi connectivity index (χ1v) is 6.87. The normalized spacial score (nSPS) is 8.32. The molecule has 0 aliphatic carbocycles. The fraction of sp³-hybridized carbons (Fsp3) is 0.750. The largest absolute Gasteiger partial charge is 0.334 e. The van der Waals surface area contributed by atoms with E-state index in [2.05, 4.69) is 20.8 Å². The van der Waals surface area contributed by atoms with E-state index in [9.17, 15) is 9.59 Å². The standard InChI is InChI=1S/C7H13O.C5H9O.C5H11.3CH4.3Y/c1-5(2)6(3)7(4)8;1-4(2)5(3)6;1-4-5(2)3;;;;;;/h6H,1-4H3;1-3H3;4H2,1-3H3;3*1H4;;;/q3*-1;;;;;;. The van der Waals surface area contributed by atoms with Crippen molar-refractivity contribution in [1.82, 2.24) is 0 Å². The summed E-state index contributed by atoms with van der Waals surface area (Å²) in [4.78, 5) is 20.7. The van der Waals surface area contributed by atoms with Gasteiger partial charge in [-0.3, -0.25) is 0 Å². The Morgan fingerprint density at radius 3 is 1.00 bits per heavy atom. The maximum absolute atomic E-state index is 10.6. The number of Topliss-reactive ketones (excluding diaryl/α,β-unsaturated/α-hetero) is 2. The molecule has 0 saturated carbocycles. The Morgan fingerprint density at radius 2 is 1.00 bits per heavy atom. The molecule has 2 nitrogen and oxygen atoms in total. The smallest absolute Gasteiger partial charge is 0.103 e. The molecule has 0 aromatic carbocycles. The van der Waals surface area contributed by atoms with Crippen LogP contribution in [0.25, 0.3) is 0 Å². The zero-order valence-corrected chi connectivity index (χ0v) is 24.8. The van der Waals surface area contributed by atoms with E-state index in [-0.39, 0.29) is 138 Å². The van der Waals surface area contributed by atoms with Crippen LogP contribution >= 0.6 is 0 Å². The van der Waals surface area contributed by atoms with E-state index in [4.69, 9.17) is 0 Å². The van der Waals surface area contributed by atoms with Gasteiger partial charge in [0.15, 0.2) is 0 Å². The Hall–Kier alpha value is 2.52. The molecule has 0 spiro atoms. The van der Waals surface area contributed by atoms with Gasteiger partial charge in [0.05, 0.1) is 0 Å². The van der Waals surface area contributed by atoms with E-state index in [1.165, 1.54) is 18.3 Å².